The molecule has 1 nitrogen and oxygen atoms in total. The Kier molecular flexibility index (Phi) is 1.79. The monoisotopic (exact) mass is 126 g/mol. The molecular formula is C8H14O. The van der Waals surface area contributed by atoms with Gasteiger partial charge >= 0.3 is 0 Å². The third-order valence-corrected chi connectivity index (χ3v) is 1.84. The minimum Gasteiger partial charge on any atom is -0.498 e. The molecule has 0 aliphatic carbocycles. The van der Waals surface area contributed by atoms with Crippen molar-refractivity contribution in [3.8, 4) is 0 Å². The van der Waals surface area contributed by atoms with Gasteiger partial charge in [0, 0.05) is 0 Å². The first-order valence-electron chi connectivity index (χ1n) is 3.49. The maximum absolute atomic E-state index is 5.38. The molecule has 1 heterocycles. The molecule has 0 spiro atoms. The van der Waals surface area contributed by atoms with Crippen molar-refractivity contribution >= 4 is 0 Å². The van der Waals surface area contributed by atoms with Crippen LogP contribution < -0.4 is 0 Å². The van der Waals surface area contributed by atoms with Gasteiger partial charge in [-0.2, -0.15) is 0 Å². The average molecular weight is 126 g/mol. The van der Waals surface area contributed by atoms with E-state index in [-0.39, 0.29) is 0 Å². The molecule has 9 heavy (non-hydrogen) atoms. The first-order valence-corrected chi connectivity index (χ1v) is 3.49. The van der Waals surface area contributed by atoms with Crippen LogP contribution in [0.1, 0.15) is 27.2 Å². The highest BCUT2D eigenvalue weighted by Crippen LogP contribution is 2.21. The van der Waals surface area contributed by atoms with Gasteiger partial charge in [-0.15, -0.1) is 0 Å². The van der Waals surface area contributed by atoms with Gasteiger partial charge in [-0.3, -0.25) is 0 Å². The molecule has 0 radical (unpaired) electrons. The molecule has 0 amide bonds. The van der Waals surface area contributed by atoms with Gasteiger partial charge in [0.2, 0.25) is 0 Å². The van der Waals surface area contributed by atoms with Crippen LogP contribution >= 0.6 is 0 Å². The van der Waals surface area contributed by atoms with Crippen LogP contribution in [0.4, 0.5) is 0 Å². The SMILES string of the molecule is CC1=C(C)OCC(C)C1. The molecule has 0 fully saturated rings. The molecule has 0 bridgehead atoms. The Morgan fingerprint density at radius 2 is 2.11 bits per heavy atom. The second kappa shape index (κ2) is 2.42. The van der Waals surface area contributed by atoms with E-state index in [1.54, 1.807) is 0 Å². The number of rotatable bonds is 0. The molecule has 0 saturated heterocycles. The quantitative estimate of drug-likeness (QED) is 0.484. The smallest absolute Gasteiger partial charge is 0.0918 e. The van der Waals surface area contributed by atoms with Gasteiger partial charge in [0.25, 0.3) is 0 Å². The number of ether oxygens (including phenoxy) is 1. The van der Waals surface area contributed by atoms with Crippen LogP contribution in [0.15, 0.2) is 11.3 Å². The van der Waals surface area contributed by atoms with Crippen molar-refractivity contribution in [1.82, 2.24) is 0 Å². The van der Waals surface area contributed by atoms with Crippen molar-refractivity contribution in [2.75, 3.05) is 6.61 Å². The van der Waals surface area contributed by atoms with Crippen LogP contribution in [0, 0.1) is 5.92 Å². The molecule has 52 valence electrons. The van der Waals surface area contributed by atoms with Crippen molar-refractivity contribution in [3.05, 3.63) is 11.3 Å². The maximum atomic E-state index is 5.38. The summed E-state index contributed by atoms with van der Waals surface area (Å²) >= 11 is 0. The Morgan fingerprint density at radius 3 is 2.56 bits per heavy atom. The van der Waals surface area contributed by atoms with Crippen LogP contribution in [0.5, 0.6) is 0 Å². The Balaban J connectivity index is 2.61. The molecule has 0 saturated carbocycles. The molecule has 1 aliphatic heterocycles. The third kappa shape index (κ3) is 1.47. The fourth-order valence-electron chi connectivity index (χ4n) is 1.12. The van der Waals surface area contributed by atoms with Crippen LogP contribution in [0.3, 0.4) is 0 Å². The largest absolute Gasteiger partial charge is 0.498 e. The Morgan fingerprint density at radius 1 is 1.44 bits per heavy atom. The molecule has 1 rings (SSSR count). The lowest BCUT2D eigenvalue weighted by molar-refractivity contribution is 0.149. The van der Waals surface area contributed by atoms with Gasteiger partial charge in [0.05, 0.1) is 12.4 Å². The van der Waals surface area contributed by atoms with Crippen molar-refractivity contribution in [2.24, 2.45) is 5.92 Å². The van der Waals surface area contributed by atoms with E-state index < -0.39 is 0 Å². The molecule has 1 heteroatoms. The number of allylic oxidation sites excluding steroid dienone is 2. The third-order valence-electron chi connectivity index (χ3n) is 1.84. The molecule has 0 N–H and O–H groups in total. The lowest BCUT2D eigenvalue weighted by atomic mass is 10.0. The maximum Gasteiger partial charge on any atom is 0.0918 e. The van der Waals surface area contributed by atoms with Gasteiger partial charge in [-0.05, 0) is 31.8 Å². The Labute approximate surface area is 56.7 Å². The normalized spacial score (nSPS) is 28.1. The zero-order valence-corrected chi connectivity index (χ0v) is 6.40. The highest BCUT2D eigenvalue weighted by Gasteiger charge is 2.11. The second-order valence-corrected chi connectivity index (χ2v) is 2.96. The molecule has 0 aromatic carbocycles. The summed E-state index contributed by atoms with van der Waals surface area (Å²) < 4.78 is 5.38. The number of hydrogen-bond donors (Lipinski definition) is 0. The first-order chi connectivity index (χ1) is 4.20. The minimum atomic E-state index is 0.716. The molecule has 0 aromatic rings. The van der Waals surface area contributed by atoms with Gasteiger partial charge in [-0.25, -0.2) is 0 Å². The van der Waals surface area contributed by atoms with Crippen molar-refractivity contribution < 1.29 is 4.74 Å². The summed E-state index contributed by atoms with van der Waals surface area (Å²) in [4.78, 5) is 0. The van der Waals surface area contributed by atoms with Crippen molar-refractivity contribution in [1.29, 1.82) is 0 Å². The summed E-state index contributed by atoms with van der Waals surface area (Å²) in [6.07, 6.45) is 1.21. The molecule has 0 aromatic heterocycles. The molecular weight excluding hydrogens is 112 g/mol. The molecule has 1 unspecified atom stereocenters. The summed E-state index contributed by atoms with van der Waals surface area (Å²) in [5.41, 5.74) is 1.41. The zero-order valence-electron chi connectivity index (χ0n) is 6.40. The van der Waals surface area contributed by atoms with Crippen LogP contribution in [-0.4, -0.2) is 6.61 Å². The van der Waals surface area contributed by atoms with Crippen molar-refractivity contribution in [2.45, 2.75) is 27.2 Å². The predicted molar refractivity (Wildman–Crippen MR) is 38.1 cm³/mol. The summed E-state index contributed by atoms with van der Waals surface area (Å²) in [6.45, 7) is 7.31. The van der Waals surface area contributed by atoms with Gasteiger partial charge < -0.3 is 4.74 Å². The van der Waals surface area contributed by atoms with Crippen LogP contribution in [-0.2, 0) is 4.74 Å². The van der Waals surface area contributed by atoms with Crippen LogP contribution in [0.2, 0.25) is 0 Å². The summed E-state index contributed by atoms with van der Waals surface area (Å²) in [5.74, 6) is 1.85. The lowest BCUT2D eigenvalue weighted by Gasteiger charge is -2.21. The van der Waals surface area contributed by atoms with E-state index in [0.29, 0.717) is 5.92 Å². The van der Waals surface area contributed by atoms with Gasteiger partial charge in [0.15, 0.2) is 0 Å². The summed E-state index contributed by atoms with van der Waals surface area (Å²) in [5, 5.41) is 0. The van der Waals surface area contributed by atoms with E-state index in [2.05, 4.69) is 13.8 Å². The van der Waals surface area contributed by atoms with E-state index in [1.807, 2.05) is 6.92 Å². The van der Waals surface area contributed by atoms with E-state index in [1.165, 1.54) is 12.0 Å². The molecule has 1 aliphatic rings. The standard InChI is InChI=1S/C8H14O/c1-6-4-7(2)8(3)9-5-6/h6H,4-5H2,1-3H3. The lowest BCUT2D eigenvalue weighted by Crippen LogP contribution is -2.12. The Hall–Kier alpha value is -0.460. The van der Waals surface area contributed by atoms with Gasteiger partial charge in [0.1, 0.15) is 0 Å². The second-order valence-electron chi connectivity index (χ2n) is 2.96. The van der Waals surface area contributed by atoms with E-state index >= 15 is 0 Å². The minimum absolute atomic E-state index is 0.716. The highest BCUT2D eigenvalue weighted by molar-refractivity contribution is 5.06. The first kappa shape index (κ1) is 6.66. The van der Waals surface area contributed by atoms with Gasteiger partial charge in [-0.1, -0.05) is 6.92 Å². The summed E-state index contributed by atoms with van der Waals surface area (Å²) in [6, 6.07) is 0. The topological polar surface area (TPSA) is 9.23 Å². The Bertz CT molecular complexity index is 136. The zero-order chi connectivity index (χ0) is 6.85. The average Bonchev–Trinajstić information content (AvgIpc) is 1.80. The summed E-state index contributed by atoms with van der Waals surface area (Å²) in [7, 11) is 0. The molecule has 1 atom stereocenters. The number of hydrogen-bond acceptors (Lipinski definition) is 1. The van der Waals surface area contributed by atoms with E-state index in [9.17, 15) is 0 Å². The van der Waals surface area contributed by atoms with Crippen molar-refractivity contribution in [3.63, 3.8) is 0 Å². The fraction of sp³-hybridized carbons (Fsp3) is 0.750. The fourth-order valence-corrected chi connectivity index (χ4v) is 1.12. The van der Waals surface area contributed by atoms with E-state index in [4.69, 9.17) is 4.74 Å². The van der Waals surface area contributed by atoms with Crippen LogP contribution in [0.25, 0.3) is 0 Å². The highest BCUT2D eigenvalue weighted by atomic mass is 16.5. The van der Waals surface area contributed by atoms with E-state index in [0.717, 1.165) is 12.4 Å². The predicted octanol–water partition coefficient (Wildman–Crippen LogP) is 2.34.